The van der Waals surface area contributed by atoms with E-state index in [9.17, 15) is 0 Å². The van der Waals surface area contributed by atoms with Gasteiger partial charge in [0, 0.05) is 5.82 Å². The molecule has 4 fully saturated rings. The highest BCUT2D eigenvalue weighted by atomic mass is 19.4. The summed E-state index contributed by atoms with van der Waals surface area (Å²) in [6, 6.07) is 17.0. The van der Waals surface area contributed by atoms with E-state index >= 15 is 26.3 Å². The average Bonchev–Trinajstić information content (AvgIpc) is 2.54. The van der Waals surface area contributed by atoms with Gasteiger partial charge < -0.3 is 37.2 Å². The fraction of sp³-hybridized carbons (Fsp3) is 0.516. The molecule has 18 heteroatoms. The quantitative estimate of drug-likeness (QED) is 0.127. The number of halogens is 6. The minimum atomic E-state index is -5.10. The maximum atomic E-state index is 17.1. The van der Waals surface area contributed by atoms with Crippen LogP contribution in [-0.4, -0.2) is 85.6 Å². The first-order valence-corrected chi connectivity index (χ1v) is 28.0. The van der Waals surface area contributed by atoms with Crippen LogP contribution >= 0.6 is 0 Å². The number of alkyl halides is 6. The second kappa shape index (κ2) is 15.9. The van der Waals surface area contributed by atoms with Crippen molar-refractivity contribution in [3.05, 3.63) is 106 Å². The molecule has 80 heavy (non-hydrogen) atoms. The van der Waals surface area contributed by atoms with Gasteiger partial charge >= 0.3 is 40.8 Å². The second-order valence-corrected chi connectivity index (χ2v) is 28.3. The van der Waals surface area contributed by atoms with E-state index in [1.54, 1.807) is 0 Å². The van der Waals surface area contributed by atoms with Crippen molar-refractivity contribution in [2.24, 2.45) is 0 Å². The van der Waals surface area contributed by atoms with Gasteiger partial charge in [0.25, 0.3) is 0 Å². The van der Waals surface area contributed by atoms with E-state index in [4.69, 9.17) is 37.2 Å². The number of allylic oxidation sites excluding steroid dienone is 1. The Morgan fingerprint density at radius 1 is 0.375 bits per heavy atom. The van der Waals surface area contributed by atoms with Gasteiger partial charge in [-0.25, -0.2) is 0 Å². The molecule has 0 amide bonds. The van der Waals surface area contributed by atoms with Crippen molar-refractivity contribution in [2.75, 3.05) is 0 Å². The molecule has 5 aromatic rings. The largest absolute Gasteiger partial charge is 0.494 e. The number of fused-ring (bicyclic) bond motifs is 8. The summed E-state index contributed by atoms with van der Waals surface area (Å²) in [6.07, 6.45) is -7.80. The first-order valence-electron chi connectivity index (χ1n) is 28.0. The fourth-order valence-electron chi connectivity index (χ4n) is 13.5. The van der Waals surface area contributed by atoms with Crippen LogP contribution in [0.2, 0.25) is 5.82 Å². The van der Waals surface area contributed by atoms with Crippen LogP contribution in [0.15, 0.2) is 66.7 Å². The summed E-state index contributed by atoms with van der Waals surface area (Å²) in [7, 11) is -3.32. The summed E-state index contributed by atoms with van der Waals surface area (Å²) in [5, 5.41) is 1.35. The van der Waals surface area contributed by atoms with E-state index < -0.39 is 125 Å². The number of hydrogen-bond acceptors (Lipinski definition) is 8. The number of rotatable bonds is 4. The van der Waals surface area contributed by atoms with Gasteiger partial charge in [-0.05, 0) is 260 Å². The minimum Gasteiger partial charge on any atom is -0.403 e. The first kappa shape index (κ1) is 54.8. The Morgan fingerprint density at radius 3 is 1.05 bits per heavy atom. The van der Waals surface area contributed by atoms with Crippen LogP contribution in [0.1, 0.15) is 164 Å². The zero-order valence-electron chi connectivity index (χ0n) is 49.0. The third-order valence-corrected chi connectivity index (χ3v) is 21.4. The molecule has 0 spiro atoms. The lowest BCUT2D eigenvalue weighted by Crippen LogP contribution is -2.53. The Kier molecular flexibility index (Phi) is 10.9. The smallest absolute Gasteiger partial charge is 0.403 e. The molecule has 8 nitrogen and oxygen atoms in total. The Labute approximate surface area is 466 Å². The Hall–Kier alpha value is -4.38. The van der Waals surface area contributed by atoms with Crippen LogP contribution in [0.4, 0.5) is 26.3 Å². The third kappa shape index (κ3) is 7.11. The van der Waals surface area contributed by atoms with Crippen LogP contribution in [0.5, 0.6) is 0 Å². The van der Waals surface area contributed by atoms with E-state index in [-0.39, 0.29) is 0 Å². The van der Waals surface area contributed by atoms with Crippen molar-refractivity contribution in [3.63, 3.8) is 0 Å². The average molecular weight is 1100 g/mol. The highest BCUT2D eigenvalue weighted by molar-refractivity contribution is 6.64. The van der Waals surface area contributed by atoms with Crippen molar-refractivity contribution in [1.29, 1.82) is 0 Å². The van der Waals surface area contributed by atoms with Crippen LogP contribution in [0.3, 0.4) is 0 Å². The lowest BCUT2D eigenvalue weighted by molar-refractivity contribution is -0.188. The Morgan fingerprint density at radius 2 is 0.688 bits per heavy atom. The summed E-state index contributed by atoms with van der Waals surface area (Å²) in [5.74, 6) is -0.420. The molecule has 418 valence electrons. The molecule has 8 aliphatic rings. The van der Waals surface area contributed by atoms with Crippen LogP contribution in [0.25, 0.3) is 49.7 Å². The summed E-state index contributed by atoms with van der Waals surface area (Å²) >= 11 is 0. The van der Waals surface area contributed by atoms with Crippen LogP contribution < -0.4 is 16.4 Å². The second-order valence-electron chi connectivity index (χ2n) is 28.3. The minimum absolute atomic E-state index is 0.365. The van der Waals surface area contributed by atoms with Crippen molar-refractivity contribution >= 4 is 61.2 Å². The van der Waals surface area contributed by atoms with E-state index in [1.165, 1.54) is 24.3 Å². The van der Waals surface area contributed by atoms with Gasteiger partial charge in [0.15, 0.2) is 0 Å². The molecule has 3 atom stereocenters. The molecule has 0 bridgehead atoms. The predicted molar refractivity (Wildman–Crippen MR) is 303 cm³/mol. The molecule has 5 aromatic carbocycles. The number of benzene rings is 5. The van der Waals surface area contributed by atoms with Crippen molar-refractivity contribution < 1.29 is 63.6 Å². The predicted octanol–water partition coefficient (Wildman–Crippen LogP) is 12.9. The zero-order chi connectivity index (χ0) is 58.0. The van der Waals surface area contributed by atoms with E-state index in [0.29, 0.717) is 78.1 Å². The summed E-state index contributed by atoms with van der Waals surface area (Å²) in [4.78, 5) is 0. The standard InChI is InChI=1S/C62H68B4F6O8/c1-51(2)52(3,4)74-63(73-51)33-19-31-20-34(64-75-53(5,6)54(7,8)76-64)24-42-38-28-46-45(27-37(38)41(23-33)49(31)42)59(17,61(67,68)69)47-29-39-40(30-48(47)60(46,18)62(70,71)72)44-26-36(66-79-57(13,14)58(15,16)80-66)22-32-21-35(25-43(39)50(32)44)65-77-55(9,10)56(11,12)78-65/h19-21,23-30,36H,22H2,1-18H3. The normalized spacial score (nSPS) is 28.1. The molecular weight excluding hydrogens is 1030 g/mol. The molecule has 4 heterocycles. The van der Waals surface area contributed by atoms with Gasteiger partial charge in [0.05, 0.1) is 44.8 Å². The molecule has 0 aromatic heterocycles. The molecule has 4 aliphatic carbocycles. The van der Waals surface area contributed by atoms with Gasteiger partial charge in [0.2, 0.25) is 0 Å². The van der Waals surface area contributed by atoms with E-state index in [0.717, 1.165) is 25.0 Å². The van der Waals surface area contributed by atoms with Gasteiger partial charge in [0.1, 0.15) is 10.8 Å². The lowest BCUT2D eigenvalue weighted by atomic mass is 9.56. The van der Waals surface area contributed by atoms with Crippen LogP contribution in [-0.2, 0) is 54.5 Å². The lowest BCUT2D eigenvalue weighted by Gasteiger charge is -2.48. The zero-order valence-corrected chi connectivity index (χ0v) is 49.0. The van der Waals surface area contributed by atoms with E-state index in [1.807, 2.05) is 153 Å². The molecule has 4 saturated heterocycles. The third-order valence-electron chi connectivity index (χ3n) is 21.4. The summed E-state index contributed by atoms with van der Waals surface area (Å²) in [5.41, 5.74) is -6.29. The first-order chi connectivity index (χ1) is 36.5. The van der Waals surface area contributed by atoms with Crippen LogP contribution in [0, 0.1) is 0 Å². The molecule has 13 rings (SSSR count). The summed E-state index contributed by atoms with van der Waals surface area (Å²) < 4.78 is 155. The van der Waals surface area contributed by atoms with Gasteiger partial charge in [-0.15, -0.1) is 0 Å². The Bertz CT molecular complexity index is 3570. The maximum absolute atomic E-state index is 17.1. The Balaban J connectivity index is 1.05. The van der Waals surface area contributed by atoms with Gasteiger partial charge in [-0.3, -0.25) is 0 Å². The molecule has 0 saturated carbocycles. The highest BCUT2D eigenvalue weighted by Gasteiger charge is 2.67. The molecule has 4 aliphatic heterocycles. The topological polar surface area (TPSA) is 73.8 Å². The van der Waals surface area contributed by atoms with E-state index in [2.05, 4.69) is 0 Å². The number of hydrogen-bond donors (Lipinski definition) is 0. The maximum Gasteiger partial charge on any atom is 0.494 e. The van der Waals surface area contributed by atoms with Gasteiger partial charge in [-0.2, -0.15) is 26.3 Å². The SMILES string of the molecule is CC1(C)OB(c2cc3c4c(c2)-c2cc5c(cc2C4=CC(B2OC(C)(C)C(C)(C)O2)C3)C(C)(C(F)(F)F)c2cc3c(cc2C5(C)C(F)(F)F)-c2cc(B4OC(C)(C)C(C)(C)O4)cc4cc(B5OC(C)(C)C(C)(C)O5)cc-3c24)OC1(C)C. The molecule has 0 radical (unpaired) electrons. The fourth-order valence-corrected chi connectivity index (χ4v) is 13.5. The monoisotopic (exact) mass is 1100 g/mol. The van der Waals surface area contributed by atoms with Gasteiger partial charge in [-0.1, -0.05) is 42.5 Å². The van der Waals surface area contributed by atoms with Crippen molar-refractivity contribution in [3.8, 4) is 33.4 Å². The van der Waals surface area contributed by atoms with Crippen molar-refractivity contribution in [1.82, 2.24) is 0 Å². The highest BCUT2D eigenvalue weighted by Crippen LogP contribution is 2.65. The summed E-state index contributed by atoms with van der Waals surface area (Å²) in [6.45, 7) is 33.2. The molecule has 0 N–H and O–H groups in total. The molecule has 3 unspecified atom stereocenters. The van der Waals surface area contributed by atoms with Crippen molar-refractivity contribution in [2.45, 2.75) is 205 Å². The molecular formula is C62H68B4F6O8.